The molecule has 1 atom stereocenters. The van der Waals surface area contributed by atoms with Crippen molar-refractivity contribution in [3.63, 3.8) is 0 Å². The van der Waals surface area contributed by atoms with Crippen LogP contribution in [0.2, 0.25) is 0 Å². The molecule has 1 aromatic heterocycles. The van der Waals surface area contributed by atoms with E-state index in [2.05, 4.69) is 4.90 Å². The summed E-state index contributed by atoms with van der Waals surface area (Å²) in [5.41, 5.74) is 1.20. The van der Waals surface area contributed by atoms with E-state index < -0.39 is 6.04 Å². The Morgan fingerprint density at radius 1 is 0.882 bits per heavy atom. The molecule has 4 aromatic rings. The highest BCUT2D eigenvalue weighted by molar-refractivity contribution is 6.06. The van der Waals surface area contributed by atoms with Crippen molar-refractivity contribution >= 4 is 27.6 Å². The zero-order valence-electron chi connectivity index (χ0n) is 18.5. The quantitative estimate of drug-likeness (QED) is 0.433. The first-order valence-corrected chi connectivity index (χ1v) is 11.5. The van der Waals surface area contributed by atoms with Gasteiger partial charge in [0, 0.05) is 31.6 Å². The number of benzene rings is 3. The molecule has 172 valence electrons. The molecule has 0 bridgehead atoms. The van der Waals surface area contributed by atoms with E-state index in [1.54, 1.807) is 23.1 Å². The minimum absolute atomic E-state index is 0.0742. The van der Waals surface area contributed by atoms with E-state index in [9.17, 15) is 14.0 Å². The molecule has 3 aromatic carbocycles. The number of morpholine rings is 1. The number of carbonyl (C=O) groups is 1. The maximum absolute atomic E-state index is 13.8. The van der Waals surface area contributed by atoms with Crippen molar-refractivity contribution in [2.75, 3.05) is 39.4 Å². The highest BCUT2D eigenvalue weighted by Crippen LogP contribution is 2.39. The largest absolute Gasteiger partial charge is 0.450 e. The van der Waals surface area contributed by atoms with E-state index in [1.807, 2.05) is 30.3 Å². The van der Waals surface area contributed by atoms with Crippen molar-refractivity contribution in [3.05, 3.63) is 93.6 Å². The zero-order valence-corrected chi connectivity index (χ0v) is 18.5. The van der Waals surface area contributed by atoms with Crippen LogP contribution in [0.5, 0.6) is 0 Å². The number of carbonyl (C=O) groups excluding carboxylic acids is 1. The first-order chi connectivity index (χ1) is 16.6. The SMILES string of the molecule is O=C1c2oc3c(ccc4ccccc43)c(=O)c2C(c2ccc(F)cc2)N1CCN1CCOCC1. The van der Waals surface area contributed by atoms with Gasteiger partial charge in [-0.05, 0) is 29.1 Å². The number of amides is 1. The van der Waals surface area contributed by atoms with E-state index in [0.29, 0.717) is 48.4 Å². The van der Waals surface area contributed by atoms with Gasteiger partial charge in [0.1, 0.15) is 11.4 Å². The molecule has 3 heterocycles. The van der Waals surface area contributed by atoms with Crippen molar-refractivity contribution in [2.24, 2.45) is 0 Å². The Labute approximate surface area is 195 Å². The molecule has 0 spiro atoms. The summed E-state index contributed by atoms with van der Waals surface area (Å²) < 4.78 is 25.3. The molecule has 0 N–H and O–H groups in total. The molecule has 7 heteroatoms. The summed E-state index contributed by atoms with van der Waals surface area (Å²) in [6.07, 6.45) is 0. The Balaban J connectivity index is 1.50. The molecule has 0 radical (unpaired) electrons. The van der Waals surface area contributed by atoms with Gasteiger partial charge < -0.3 is 14.1 Å². The highest BCUT2D eigenvalue weighted by Gasteiger charge is 2.42. The van der Waals surface area contributed by atoms with Crippen molar-refractivity contribution in [3.8, 4) is 0 Å². The van der Waals surface area contributed by atoms with Gasteiger partial charge in [-0.3, -0.25) is 14.5 Å². The average Bonchev–Trinajstić information content (AvgIpc) is 3.15. The van der Waals surface area contributed by atoms with E-state index >= 15 is 0 Å². The van der Waals surface area contributed by atoms with Gasteiger partial charge in [0.25, 0.3) is 5.91 Å². The van der Waals surface area contributed by atoms with E-state index in [1.165, 1.54) is 12.1 Å². The lowest BCUT2D eigenvalue weighted by atomic mass is 9.97. The molecule has 6 rings (SSSR count). The first kappa shape index (κ1) is 21.0. The fourth-order valence-corrected chi connectivity index (χ4v) is 5.04. The monoisotopic (exact) mass is 458 g/mol. The van der Waals surface area contributed by atoms with Crippen LogP contribution >= 0.6 is 0 Å². The first-order valence-electron chi connectivity index (χ1n) is 11.5. The second kappa shape index (κ2) is 8.34. The average molecular weight is 458 g/mol. The fourth-order valence-electron chi connectivity index (χ4n) is 5.04. The Morgan fingerprint density at radius 2 is 1.65 bits per heavy atom. The number of fused-ring (bicyclic) bond motifs is 4. The van der Waals surface area contributed by atoms with Gasteiger partial charge in [0.05, 0.1) is 30.2 Å². The lowest BCUT2D eigenvalue weighted by Gasteiger charge is -2.31. The van der Waals surface area contributed by atoms with Crippen LogP contribution in [-0.4, -0.2) is 55.1 Å². The molecule has 1 fully saturated rings. The minimum atomic E-state index is -0.628. The van der Waals surface area contributed by atoms with Gasteiger partial charge in [-0.1, -0.05) is 42.5 Å². The van der Waals surface area contributed by atoms with Crippen LogP contribution in [-0.2, 0) is 4.74 Å². The molecular weight excluding hydrogens is 435 g/mol. The van der Waals surface area contributed by atoms with Crippen molar-refractivity contribution in [2.45, 2.75) is 6.04 Å². The summed E-state index contributed by atoms with van der Waals surface area (Å²) in [4.78, 5) is 31.3. The number of hydrogen-bond acceptors (Lipinski definition) is 5. The van der Waals surface area contributed by atoms with Crippen molar-refractivity contribution < 1.29 is 18.3 Å². The Morgan fingerprint density at radius 3 is 2.44 bits per heavy atom. The highest BCUT2D eigenvalue weighted by atomic mass is 19.1. The van der Waals surface area contributed by atoms with Crippen LogP contribution in [0.15, 0.2) is 69.9 Å². The number of rotatable bonds is 4. The fraction of sp³-hybridized carbons (Fsp3) is 0.259. The van der Waals surface area contributed by atoms with Crippen LogP contribution < -0.4 is 5.43 Å². The molecule has 34 heavy (non-hydrogen) atoms. The molecule has 1 unspecified atom stereocenters. The standard InChI is InChI=1S/C27H23FN2O4/c28-19-8-5-18(6-9-19)23-22-24(31)21-10-7-17-3-1-2-4-20(17)25(21)34-26(22)27(32)30(23)12-11-29-13-15-33-16-14-29/h1-10,23H,11-16H2. The maximum atomic E-state index is 13.8. The van der Waals surface area contributed by atoms with E-state index in [0.717, 1.165) is 23.9 Å². The van der Waals surface area contributed by atoms with Crippen molar-refractivity contribution in [1.29, 1.82) is 0 Å². The number of hydrogen-bond donors (Lipinski definition) is 0. The summed E-state index contributed by atoms with van der Waals surface area (Å²) >= 11 is 0. The Hall–Kier alpha value is -3.55. The van der Waals surface area contributed by atoms with Crippen LogP contribution in [0, 0.1) is 5.82 Å². The van der Waals surface area contributed by atoms with Crippen LogP contribution in [0.3, 0.4) is 0 Å². The minimum Gasteiger partial charge on any atom is -0.450 e. The second-order valence-electron chi connectivity index (χ2n) is 8.74. The van der Waals surface area contributed by atoms with Crippen molar-refractivity contribution in [1.82, 2.24) is 9.80 Å². The van der Waals surface area contributed by atoms with Gasteiger partial charge in [0.15, 0.2) is 5.43 Å². The van der Waals surface area contributed by atoms with Gasteiger partial charge in [-0.25, -0.2) is 4.39 Å². The molecule has 1 saturated heterocycles. The smallest absolute Gasteiger partial charge is 0.290 e. The second-order valence-corrected chi connectivity index (χ2v) is 8.74. The normalized spacial score (nSPS) is 18.7. The molecule has 2 aliphatic rings. The summed E-state index contributed by atoms with van der Waals surface area (Å²) in [5.74, 6) is -0.611. The third-order valence-corrected chi connectivity index (χ3v) is 6.80. The predicted octanol–water partition coefficient (Wildman–Crippen LogP) is 3.96. The number of nitrogens with zero attached hydrogens (tertiary/aromatic N) is 2. The lowest BCUT2D eigenvalue weighted by Crippen LogP contribution is -2.42. The molecule has 0 aliphatic carbocycles. The zero-order chi connectivity index (χ0) is 23.2. The van der Waals surface area contributed by atoms with E-state index in [4.69, 9.17) is 9.15 Å². The Kier molecular flexibility index (Phi) is 5.16. The number of ether oxygens (including phenoxy) is 1. The summed E-state index contributed by atoms with van der Waals surface area (Å²) in [6, 6.07) is 16.6. The predicted molar refractivity (Wildman–Crippen MR) is 127 cm³/mol. The van der Waals surface area contributed by atoms with Gasteiger partial charge in [0.2, 0.25) is 5.76 Å². The molecule has 1 amide bonds. The van der Waals surface area contributed by atoms with Crippen LogP contribution in [0.1, 0.15) is 27.7 Å². The lowest BCUT2D eigenvalue weighted by molar-refractivity contribution is 0.0314. The number of halogens is 1. The maximum Gasteiger partial charge on any atom is 0.290 e. The third kappa shape index (κ3) is 3.40. The summed E-state index contributed by atoms with van der Waals surface area (Å²) in [5, 5.41) is 2.16. The third-order valence-electron chi connectivity index (χ3n) is 6.80. The summed E-state index contributed by atoms with van der Waals surface area (Å²) in [7, 11) is 0. The van der Waals surface area contributed by atoms with Gasteiger partial charge in [-0.15, -0.1) is 0 Å². The molecular formula is C27H23FN2O4. The van der Waals surface area contributed by atoms with Gasteiger partial charge >= 0.3 is 0 Å². The summed E-state index contributed by atoms with van der Waals surface area (Å²) in [6.45, 7) is 3.98. The molecule has 0 saturated carbocycles. The van der Waals surface area contributed by atoms with Crippen LogP contribution in [0.4, 0.5) is 4.39 Å². The molecule has 2 aliphatic heterocycles. The Bertz CT molecular complexity index is 1460. The molecule has 6 nitrogen and oxygen atoms in total. The topological polar surface area (TPSA) is 63.0 Å². The van der Waals surface area contributed by atoms with Gasteiger partial charge in [-0.2, -0.15) is 0 Å². The van der Waals surface area contributed by atoms with E-state index in [-0.39, 0.29) is 22.9 Å². The van der Waals surface area contributed by atoms with Crippen LogP contribution in [0.25, 0.3) is 21.7 Å².